The van der Waals surface area contributed by atoms with Gasteiger partial charge in [0.1, 0.15) is 61.3 Å². The summed E-state index contributed by atoms with van der Waals surface area (Å²) in [5.74, 6) is -1.07. The van der Waals surface area contributed by atoms with E-state index in [2.05, 4.69) is 30.6 Å². The molecule has 3 saturated heterocycles. The Labute approximate surface area is 285 Å². The van der Waals surface area contributed by atoms with Crippen molar-refractivity contribution < 1.29 is 74.6 Å². The smallest absolute Gasteiger partial charge is 0.354 e. The Kier molecular flexibility index (Phi) is 16.3. The summed E-state index contributed by atoms with van der Waals surface area (Å²) < 4.78 is 16.0. The quantitative estimate of drug-likeness (QED) is 0.0701. The molecule has 4 heterocycles. The van der Waals surface area contributed by atoms with Gasteiger partial charge in [0.05, 0.1) is 19.8 Å². The lowest BCUT2D eigenvalue weighted by molar-refractivity contribution is -0.106. The van der Waals surface area contributed by atoms with Gasteiger partial charge in [-0.05, 0) is 0 Å². The van der Waals surface area contributed by atoms with Gasteiger partial charge in [0.15, 0.2) is 24.6 Å². The van der Waals surface area contributed by atoms with Crippen LogP contribution in [0.2, 0.25) is 0 Å². The minimum Gasteiger partial charge on any atom is -0.394 e. The van der Waals surface area contributed by atoms with Crippen molar-refractivity contribution in [1.29, 1.82) is 0 Å². The monoisotopic (exact) mass is 740 g/mol. The second kappa shape index (κ2) is 19.6. The number of carbonyl (C=O) groups excluding carboxylic acids is 3. The lowest BCUT2D eigenvalue weighted by Crippen LogP contribution is -2.50. The lowest BCUT2D eigenvalue weighted by Gasteiger charge is -2.16. The number of aliphatic hydroxyl groups is 9. The Balaban J connectivity index is 0.000000266. The fourth-order valence-corrected chi connectivity index (χ4v) is 4.32. The number of hydrogen-bond acceptors (Lipinski definition) is 19. The van der Waals surface area contributed by atoms with Crippen LogP contribution in [0.5, 0.6) is 0 Å². The van der Waals surface area contributed by atoms with Gasteiger partial charge in [-0.1, -0.05) is 0 Å². The number of nitrogens with two attached hydrogens (primary N) is 4. The van der Waals surface area contributed by atoms with E-state index in [1.54, 1.807) is 0 Å². The summed E-state index contributed by atoms with van der Waals surface area (Å²) in [4.78, 5) is 56.9. The molecule has 0 saturated carbocycles. The number of rotatable bonds is 7. The molecular formula is C23H40N12O16. The number of nitrogen functional groups attached to an aromatic ring is 1. The van der Waals surface area contributed by atoms with Gasteiger partial charge in [0, 0.05) is 0 Å². The van der Waals surface area contributed by atoms with Gasteiger partial charge in [-0.3, -0.25) is 14.7 Å². The van der Waals surface area contributed by atoms with Crippen molar-refractivity contribution in [3.63, 3.8) is 0 Å². The number of nitrogens with zero attached hydrogens (tertiary/aromatic N) is 5. The molecule has 12 atom stereocenters. The second-order valence-corrected chi connectivity index (χ2v) is 10.4. The van der Waals surface area contributed by atoms with E-state index < -0.39 is 123 Å². The summed E-state index contributed by atoms with van der Waals surface area (Å²) in [7, 11) is 0. The van der Waals surface area contributed by atoms with Crippen LogP contribution in [-0.4, -0.2) is 178 Å². The van der Waals surface area contributed by atoms with Crippen molar-refractivity contribution in [2.24, 2.45) is 27.2 Å². The van der Waals surface area contributed by atoms with Crippen LogP contribution in [0.1, 0.15) is 6.23 Å². The first-order valence-electron chi connectivity index (χ1n) is 14.3. The van der Waals surface area contributed by atoms with Gasteiger partial charge in [0.2, 0.25) is 18.3 Å². The zero-order valence-electron chi connectivity index (χ0n) is 26.1. The van der Waals surface area contributed by atoms with Crippen LogP contribution < -0.4 is 44.6 Å². The van der Waals surface area contributed by atoms with Crippen molar-refractivity contribution in [3.05, 3.63) is 16.8 Å². The average Bonchev–Trinajstić information content (AvgIpc) is 3.62. The van der Waals surface area contributed by atoms with Gasteiger partial charge in [-0.15, -0.1) is 0 Å². The first-order chi connectivity index (χ1) is 24.0. The molecule has 0 spiro atoms. The van der Waals surface area contributed by atoms with E-state index in [1.807, 2.05) is 5.32 Å². The second-order valence-electron chi connectivity index (χ2n) is 10.4. The van der Waals surface area contributed by atoms with Crippen molar-refractivity contribution in [2.75, 3.05) is 25.6 Å². The Morgan fingerprint density at radius 2 is 1.31 bits per heavy atom. The molecule has 28 heteroatoms. The van der Waals surface area contributed by atoms with Crippen LogP contribution in [0.15, 0.2) is 21.1 Å². The maximum Gasteiger partial charge on any atom is 0.354 e. The molecule has 3 aliphatic rings. The number of anilines is 1. The summed E-state index contributed by atoms with van der Waals surface area (Å²) in [6, 6.07) is -1.79. The molecule has 288 valence electrons. The molecular weight excluding hydrogens is 700 g/mol. The number of aromatic nitrogens is 3. The van der Waals surface area contributed by atoms with E-state index in [9.17, 15) is 49.8 Å². The SMILES string of the molecule is NC(=NC=O)NC(=O)N[C@@H]1O[C@H](CO)[C@H](O)C1O.NC(N)=NC(=O)N[C@@H]1O[C@H](CO)[C@H](O)C1O.Nc1ncn([C@@H]2O[C@H](CO)[C@H](O)C2O)c(=O)n1. The number of carbonyl (C=O) groups is 3. The van der Waals surface area contributed by atoms with E-state index in [0.717, 1.165) is 10.9 Å². The molecule has 0 aromatic carbocycles. The van der Waals surface area contributed by atoms with Gasteiger partial charge in [-0.25, -0.2) is 19.4 Å². The molecule has 28 nitrogen and oxygen atoms in total. The van der Waals surface area contributed by atoms with Crippen LogP contribution in [0.4, 0.5) is 15.5 Å². The van der Waals surface area contributed by atoms with Gasteiger partial charge in [-0.2, -0.15) is 15.0 Å². The molecule has 1 aromatic rings. The summed E-state index contributed by atoms with van der Waals surface area (Å²) in [5.41, 5.74) is 19.5. The van der Waals surface area contributed by atoms with E-state index in [1.165, 1.54) is 0 Å². The summed E-state index contributed by atoms with van der Waals surface area (Å²) >= 11 is 0. The molecule has 3 unspecified atom stereocenters. The lowest BCUT2D eigenvalue weighted by atomic mass is 10.1. The molecule has 3 aliphatic heterocycles. The number of guanidine groups is 2. The first-order valence-corrected chi connectivity index (χ1v) is 14.3. The van der Waals surface area contributed by atoms with Crippen LogP contribution in [0.3, 0.4) is 0 Å². The van der Waals surface area contributed by atoms with Crippen molar-refractivity contribution >= 4 is 36.3 Å². The number of amides is 5. The van der Waals surface area contributed by atoms with E-state index in [4.69, 9.17) is 52.5 Å². The Morgan fingerprint density at radius 3 is 1.75 bits per heavy atom. The minimum absolute atomic E-state index is 0.141. The van der Waals surface area contributed by atoms with Crippen LogP contribution >= 0.6 is 0 Å². The zero-order chi connectivity index (χ0) is 38.6. The molecule has 5 amide bonds. The fourth-order valence-electron chi connectivity index (χ4n) is 4.32. The highest BCUT2D eigenvalue weighted by Gasteiger charge is 2.45. The number of nitrogens with one attached hydrogen (secondary N) is 3. The predicted molar refractivity (Wildman–Crippen MR) is 163 cm³/mol. The van der Waals surface area contributed by atoms with Gasteiger partial charge < -0.3 is 93.7 Å². The molecule has 0 bridgehead atoms. The Hall–Kier alpha value is -4.72. The zero-order valence-corrected chi connectivity index (χ0v) is 26.1. The number of urea groups is 2. The summed E-state index contributed by atoms with van der Waals surface area (Å²) in [5, 5.41) is 89.6. The molecule has 0 aliphatic carbocycles. The topological polar surface area (TPSA) is 474 Å². The van der Waals surface area contributed by atoms with Gasteiger partial charge in [0.25, 0.3) is 0 Å². The third kappa shape index (κ3) is 11.7. The van der Waals surface area contributed by atoms with Crippen LogP contribution in [0.25, 0.3) is 0 Å². The third-order valence-corrected chi connectivity index (χ3v) is 6.82. The standard InChI is InChI=1S/C8H14N4O6.C8H12N4O5.C7H14N4O5/c9-7(10-2-14)12-8(17)11-6-5(16)4(15)3(1-13)18-6;9-7-10-2-12(8(16)11-7)6-5(15)4(14)3(1-13)17-6;8-6(9)11-7(15)10-5-4(14)3(13)2(1-12)16-5/h2-6,13,15-16H,1H2,(H4,9,10,11,12,14,17);2-6,13-15H,1H2,(H2,9,11,16);2-5,12-14H,1H2,(H5,8,9,10,11,15)/t2*3-,4+,5?,6-;2-,3+,4?,5-/m111/s1. The first kappa shape index (κ1) is 42.4. The molecule has 3 fully saturated rings. The van der Waals surface area contributed by atoms with E-state index in [0.29, 0.717) is 0 Å². The maximum atomic E-state index is 11.5. The Morgan fingerprint density at radius 1 is 0.824 bits per heavy atom. The highest BCUT2D eigenvalue weighted by Crippen LogP contribution is 2.27. The van der Waals surface area contributed by atoms with Crippen LogP contribution in [0, 0.1) is 0 Å². The summed E-state index contributed by atoms with van der Waals surface area (Å²) in [6.45, 7) is -1.46. The molecule has 0 radical (unpaired) electrons. The number of aliphatic hydroxyl groups excluding tert-OH is 9. The minimum atomic E-state index is -1.39. The molecule has 1 aromatic heterocycles. The predicted octanol–water partition coefficient (Wildman–Crippen LogP) is -10.6. The number of aliphatic imine (C=N–C) groups is 2. The van der Waals surface area contributed by atoms with Crippen molar-refractivity contribution in [3.8, 4) is 0 Å². The highest BCUT2D eigenvalue weighted by molar-refractivity contribution is 5.97. The summed E-state index contributed by atoms with van der Waals surface area (Å²) in [6.07, 6.45) is -13.2. The molecule has 51 heavy (non-hydrogen) atoms. The Bertz CT molecular complexity index is 1430. The molecule has 4 rings (SSSR count). The van der Waals surface area contributed by atoms with E-state index >= 15 is 0 Å². The third-order valence-electron chi connectivity index (χ3n) is 6.82. The van der Waals surface area contributed by atoms with Crippen LogP contribution in [-0.2, 0) is 19.0 Å². The highest BCUT2D eigenvalue weighted by atomic mass is 16.6. The normalized spacial score (nSPS) is 32.8. The van der Waals surface area contributed by atoms with Crippen molar-refractivity contribution in [1.82, 2.24) is 30.5 Å². The van der Waals surface area contributed by atoms with E-state index in [-0.39, 0.29) is 12.4 Å². The van der Waals surface area contributed by atoms with Gasteiger partial charge >= 0.3 is 17.8 Å². The maximum absolute atomic E-state index is 11.5. The number of hydrogen-bond donors (Lipinski definition) is 16. The number of ether oxygens (including phenoxy) is 3. The van der Waals surface area contributed by atoms with Crippen molar-refractivity contribution in [2.45, 2.75) is 73.6 Å². The fraction of sp³-hybridized carbons (Fsp3) is 0.652. The largest absolute Gasteiger partial charge is 0.394 e. The molecule has 20 N–H and O–H groups in total. The average molecular weight is 741 g/mol.